The number of aliphatic hydroxyl groups is 1. The lowest BCUT2D eigenvalue weighted by atomic mass is 10.2. The second kappa shape index (κ2) is 10.7. The fourth-order valence-corrected chi connectivity index (χ4v) is 3.81. The molecule has 1 heterocycles. The Morgan fingerprint density at radius 3 is 2.94 bits per heavy atom. The van der Waals surface area contributed by atoms with Gasteiger partial charge in [-0.25, -0.2) is 9.40 Å². The van der Waals surface area contributed by atoms with Crippen LogP contribution in [0.5, 0.6) is 11.5 Å². The number of amides is 1. The normalized spacial score (nSPS) is 11.1. The highest BCUT2D eigenvalue weighted by Gasteiger charge is 2.10. The average Bonchev–Trinajstić information content (AvgIpc) is 3.20. The maximum Gasteiger partial charge on any atom is 0.244 e. The van der Waals surface area contributed by atoms with Crippen LogP contribution >= 0.6 is 11.3 Å². The molecule has 3 rings (SSSR count). The molecular weight excluding hydrogens is 421 g/mol. The molecule has 0 spiro atoms. The van der Waals surface area contributed by atoms with Gasteiger partial charge in [-0.15, -0.1) is 11.3 Å². The van der Waals surface area contributed by atoms with Crippen molar-refractivity contribution in [3.63, 3.8) is 0 Å². The monoisotopic (exact) mass is 445 g/mol. The molecule has 0 aliphatic heterocycles. The Morgan fingerprint density at radius 2 is 2.16 bits per heavy atom. The third-order valence-electron chi connectivity index (χ3n) is 4.49. The zero-order chi connectivity index (χ0) is 22.2. The van der Waals surface area contributed by atoms with Crippen molar-refractivity contribution in [2.24, 2.45) is 5.10 Å². The summed E-state index contributed by atoms with van der Waals surface area (Å²) in [6.07, 6.45) is 1.80. The molecule has 0 saturated carbocycles. The number of hydrazone groups is 1. The van der Waals surface area contributed by atoms with Crippen molar-refractivity contribution >= 4 is 39.2 Å². The van der Waals surface area contributed by atoms with E-state index in [1.165, 1.54) is 29.5 Å². The van der Waals surface area contributed by atoms with E-state index in [4.69, 9.17) is 14.6 Å². The summed E-state index contributed by atoms with van der Waals surface area (Å²) in [5.74, 6) is 0.644. The van der Waals surface area contributed by atoms with Gasteiger partial charge in [-0.3, -0.25) is 4.79 Å². The zero-order valence-corrected chi connectivity index (χ0v) is 18.1. The Labute approximate surface area is 183 Å². The Morgan fingerprint density at radius 1 is 1.32 bits per heavy atom. The van der Waals surface area contributed by atoms with E-state index in [-0.39, 0.29) is 31.4 Å². The van der Waals surface area contributed by atoms with Crippen molar-refractivity contribution in [1.82, 2.24) is 5.01 Å². The number of halogens is 1. The number of rotatable bonds is 10. The summed E-state index contributed by atoms with van der Waals surface area (Å²) in [6.45, 7) is 0.507. The van der Waals surface area contributed by atoms with E-state index in [0.29, 0.717) is 22.7 Å². The first kappa shape index (κ1) is 22.5. The van der Waals surface area contributed by atoms with Gasteiger partial charge < -0.3 is 19.9 Å². The number of methoxy groups -OCH3 is 1. The largest absolute Gasteiger partial charge is 0.493 e. The summed E-state index contributed by atoms with van der Waals surface area (Å²) in [6, 6.07) is 10.2. The summed E-state index contributed by atoms with van der Waals surface area (Å²) in [5.41, 5.74) is 1.55. The lowest BCUT2D eigenvalue weighted by Gasteiger charge is -2.14. The minimum absolute atomic E-state index is 0.0826. The first-order chi connectivity index (χ1) is 15.0. The topological polar surface area (TPSA) is 83.4 Å². The molecule has 2 N–H and O–H groups in total. The summed E-state index contributed by atoms with van der Waals surface area (Å²) in [7, 11) is 3.12. The highest BCUT2D eigenvalue weighted by atomic mass is 32.1. The molecule has 0 aliphatic rings. The first-order valence-corrected chi connectivity index (χ1v) is 10.5. The average molecular weight is 446 g/mol. The predicted octanol–water partition coefficient (Wildman–Crippen LogP) is 3.71. The van der Waals surface area contributed by atoms with Crippen LogP contribution in [0.15, 0.2) is 46.9 Å². The molecule has 31 heavy (non-hydrogen) atoms. The number of anilines is 1. The minimum Gasteiger partial charge on any atom is -0.493 e. The molecule has 1 amide bonds. The fraction of sp³-hybridized carbons (Fsp3) is 0.273. The van der Waals surface area contributed by atoms with Crippen LogP contribution in [0.4, 0.5) is 10.1 Å². The smallest absolute Gasteiger partial charge is 0.244 e. The first-order valence-electron chi connectivity index (χ1n) is 9.65. The van der Waals surface area contributed by atoms with Crippen LogP contribution in [0.1, 0.15) is 12.0 Å². The predicted molar refractivity (Wildman–Crippen MR) is 121 cm³/mol. The van der Waals surface area contributed by atoms with Crippen molar-refractivity contribution in [3.8, 4) is 11.5 Å². The molecule has 0 radical (unpaired) electrons. The quantitative estimate of drug-likeness (QED) is 0.367. The standard InChI is InChI=1S/C22H24FN3O4S/c1-26(25-13-15-14-31-22-17(15)4-3-5-18(22)23)21(28)8-9-24-16-6-7-19(30-11-10-27)20(12-16)29-2/h3-7,12-14,24,27H,8-11H2,1-2H3. The van der Waals surface area contributed by atoms with Gasteiger partial charge in [-0.2, -0.15) is 5.10 Å². The molecule has 0 bridgehead atoms. The second-order valence-electron chi connectivity index (χ2n) is 6.58. The fourth-order valence-electron chi connectivity index (χ4n) is 2.88. The van der Waals surface area contributed by atoms with E-state index < -0.39 is 0 Å². The SMILES string of the molecule is COc1cc(NCCC(=O)N(C)N=Cc2csc3c(F)cccc23)ccc1OCCO. The minimum atomic E-state index is -0.262. The van der Waals surface area contributed by atoms with Crippen LogP contribution in [0.2, 0.25) is 0 Å². The van der Waals surface area contributed by atoms with Gasteiger partial charge in [-0.1, -0.05) is 12.1 Å². The maximum atomic E-state index is 13.8. The van der Waals surface area contributed by atoms with Crippen LogP contribution < -0.4 is 14.8 Å². The third-order valence-corrected chi connectivity index (χ3v) is 5.52. The molecular formula is C22H24FN3O4S. The van der Waals surface area contributed by atoms with Crippen LogP contribution in [0.3, 0.4) is 0 Å². The van der Waals surface area contributed by atoms with Crippen LogP contribution in [-0.2, 0) is 4.79 Å². The number of hydrogen-bond donors (Lipinski definition) is 2. The van der Waals surface area contributed by atoms with Gasteiger partial charge in [0.1, 0.15) is 12.4 Å². The number of thiophene rings is 1. The van der Waals surface area contributed by atoms with E-state index in [2.05, 4.69) is 10.4 Å². The highest BCUT2D eigenvalue weighted by molar-refractivity contribution is 7.17. The van der Waals surface area contributed by atoms with Gasteiger partial charge >= 0.3 is 0 Å². The van der Waals surface area contributed by atoms with E-state index in [1.54, 1.807) is 31.5 Å². The van der Waals surface area contributed by atoms with Crippen LogP contribution in [-0.4, -0.2) is 56.2 Å². The van der Waals surface area contributed by atoms with Crippen molar-refractivity contribution in [3.05, 3.63) is 53.2 Å². The number of hydrogen-bond acceptors (Lipinski definition) is 7. The van der Waals surface area contributed by atoms with Gasteiger partial charge in [-0.05, 0) is 18.2 Å². The molecule has 2 aromatic carbocycles. The molecule has 164 valence electrons. The number of carbonyl (C=O) groups excluding carboxylic acids is 1. The summed E-state index contributed by atoms with van der Waals surface area (Å²) < 4.78 is 25.1. The van der Waals surface area contributed by atoms with Gasteiger partial charge in [0.2, 0.25) is 5.91 Å². The second-order valence-corrected chi connectivity index (χ2v) is 7.46. The number of nitrogens with zero attached hydrogens (tertiary/aromatic N) is 2. The molecule has 9 heteroatoms. The number of aliphatic hydroxyl groups excluding tert-OH is 1. The number of nitrogens with one attached hydrogen (secondary N) is 1. The van der Waals surface area contributed by atoms with Gasteiger partial charge in [0.25, 0.3) is 0 Å². The summed E-state index contributed by atoms with van der Waals surface area (Å²) >= 11 is 1.31. The molecule has 1 aromatic heterocycles. The van der Waals surface area contributed by atoms with E-state index in [0.717, 1.165) is 16.6 Å². The highest BCUT2D eigenvalue weighted by Crippen LogP contribution is 2.30. The van der Waals surface area contributed by atoms with E-state index >= 15 is 0 Å². The Bertz CT molecular complexity index is 1070. The van der Waals surface area contributed by atoms with Gasteiger partial charge in [0.05, 0.1) is 24.6 Å². The molecule has 0 atom stereocenters. The molecule has 0 aliphatic carbocycles. The molecule has 0 saturated heterocycles. The molecule has 0 fully saturated rings. The van der Waals surface area contributed by atoms with Crippen molar-refractivity contribution in [2.45, 2.75) is 6.42 Å². The van der Waals surface area contributed by atoms with Crippen molar-refractivity contribution < 1.29 is 23.8 Å². The Balaban J connectivity index is 1.53. The van der Waals surface area contributed by atoms with Crippen LogP contribution in [0, 0.1) is 5.82 Å². The Hall–Kier alpha value is -3.17. The molecule has 7 nitrogen and oxygen atoms in total. The number of fused-ring (bicyclic) bond motifs is 1. The number of carbonyl (C=O) groups is 1. The lowest BCUT2D eigenvalue weighted by Crippen LogP contribution is -2.23. The summed E-state index contributed by atoms with van der Waals surface area (Å²) in [5, 5.41) is 20.1. The third kappa shape index (κ3) is 5.71. The van der Waals surface area contributed by atoms with E-state index in [9.17, 15) is 9.18 Å². The van der Waals surface area contributed by atoms with Gasteiger partial charge in [0, 0.05) is 48.1 Å². The summed E-state index contributed by atoms with van der Waals surface area (Å²) in [4.78, 5) is 12.4. The number of ether oxygens (including phenoxy) is 2. The number of benzene rings is 2. The lowest BCUT2D eigenvalue weighted by molar-refractivity contribution is -0.129. The Kier molecular flexibility index (Phi) is 7.80. The van der Waals surface area contributed by atoms with Crippen molar-refractivity contribution in [2.75, 3.05) is 39.2 Å². The molecule has 0 unspecified atom stereocenters. The zero-order valence-electron chi connectivity index (χ0n) is 17.3. The van der Waals surface area contributed by atoms with Crippen LogP contribution in [0.25, 0.3) is 10.1 Å². The van der Waals surface area contributed by atoms with E-state index in [1.807, 2.05) is 17.5 Å². The van der Waals surface area contributed by atoms with Crippen molar-refractivity contribution in [1.29, 1.82) is 0 Å². The maximum absolute atomic E-state index is 13.8. The van der Waals surface area contributed by atoms with Gasteiger partial charge in [0.15, 0.2) is 11.5 Å². The molecule has 3 aromatic rings.